The van der Waals surface area contributed by atoms with E-state index in [1.54, 1.807) is 0 Å². The summed E-state index contributed by atoms with van der Waals surface area (Å²) in [5.74, 6) is -0.959. The summed E-state index contributed by atoms with van der Waals surface area (Å²) in [6.45, 7) is -0.107. The lowest BCUT2D eigenvalue weighted by molar-refractivity contribution is -0.206. The number of pyridine rings is 1. The molecule has 1 aliphatic rings. The van der Waals surface area contributed by atoms with Gasteiger partial charge in [-0.2, -0.15) is 13.2 Å². The average molecular weight is 355 g/mol. The highest BCUT2D eigenvalue weighted by Crippen LogP contribution is 2.39. The van der Waals surface area contributed by atoms with Crippen LogP contribution in [0.5, 0.6) is 11.5 Å². The number of aliphatic hydroxyl groups excluding tert-OH is 1. The zero-order chi connectivity index (χ0) is 18.2. The predicted octanol–water partition coefficient (Wildman–Crippen LogP) is 2.89. The number of hydrogen-bond acceptors (Lipinski definition) is 5. The lowest BCUT2D eigenvalue weighted by atomic mass is 10.1. The van der Waals surface area contributed by atoms with Crippen molar-refractivity contribution in [3.63, 3.8) is 0 Å². The van der Waals surface area contributed by atoms with Gasteiger partial charge in [0.15, 0.2) is 23.7 Å². The molecule has 0 saturated heterocycles. The maximum atomic E-state index is 12.6. The van der Waals surface area contributed by atoms with Crippen LogP contribution in [0.15, 0.2) is 36.7 Å². The Hall–Kier alpha value is -2.81. The number of hydrogen-bond donors (Lipinski definition) is 2. The Morgan fingerprint density at radius 2 is 2.08 bits per heavy atom. The number of para-hydroxylation sites is 1. The maximum absolute atomic E-state index is 12.6. The number of aromatic nitrogens is 1. The van der Waals surface area contributed by atoms with E-state index in [1.807, 2.05) is 0 Å². The number of carbonyl (C=O) groups is 1. The molecule has 0 saturated carbocycles. The lowest BCUT2D eigenvalue weighted by Crippen LogP contribution is -2.24. The quantitative estimate of drug-likeness (QED) is 0.880. The highest BCUT2D eigenvalue weighted by atomic mass is 19.4. The normalized spacial score (nSPS) is 17.8. The summed E-state index contributed by atoms with van der Waals surface area (Å²) in [5.41, 5.74) is -0.221. The van der Waals surface area contributed by atoms with Gasteiger partial charge in [0.1, 0.15) is 12.2 Å². The van der Waals surface area contributed by atoms with E-state index in [0.29, 0.717) is 0 Å². The second-order valence-corrected chi connectivity index (χ2v) is 5.35. The van der Waals surface area contributed by atoms with Crippen molar-refractivity contribution in [2.75, 3.05) is 6.61 Å². The fraction of sp³-hybridized carbons (Fsp3) is 0.250. The first-order chi connectivity index (χ1) is 11.8. The molecule has 9 heteroatoms. The third kappa shape index (κ3) is 3.36. The van der Waals surface area contributed by atoms with Crippen LogP contribution >= 0.6 is 0 Å². The highest BCUT2D eigenvalue weighted by Gasteiger charge is 2.40. The Labute approximate surface area is 139 Å². The number of ether oxygens (including phenoxy) is 2. The van der Waals surface area contributed by atoms with Crippen LogP contribution in [0.4, 0.5) is 13.2 Å². The van der Waals surface area contributed by atoms with Crippen LogP contribution in [-0.2, 0) is 0 Å². The predicted molar refractivity (Wildman–Crippen MR) is 77.5 cm³/mol. The standard InChI is InChI=1S/C16H12F3NO5/c17-16(18,19)14(21)9-4-8(5-20-6-9)12-7-24-13-10(15(22)23)2-1-3-11(13)25-12/h1-6,12,14,21H,7H2,(H,22,23). The van der Waals surface area contributed by atoms with Crippen molar-refractivity contribution in [1.29, 1.82) is 0 Å². The number of fused-ring (bicyclic) bond motifs is 1. The van der Waals surface area contributed by atoms with Crippen LogP contribution in [0.2, 0.25) is 0 Å². The fourth-order valence-electron chi connectivity index (χ4n) is 2.43. The topological polar surface area (TPSA) is 88.9 Å². The third-order valence-corrected chi connectivity index (χ3v) is 3.64. The van der Waals surface area contributed by atoms with E-state index in [4.69, 9.17) is 14.6 Å². The van der Waals surface area contributed by atoms with Gasteiger partial charge in [0.05, 0.1) is 0 Å². The summed E-state index contributed by atoms with van der Waals surface area (Å²) in [7, 11) is 0. The highest BCUT2D eigenvalue weighted by molar-refractivity contribution is 5.92. The van der Waals surface area contributed by atoms with Crippen LogP contribution in [0.3, 0.4) is 0 Å². The van der Waals surface area contributed by atoms with Gasteiger partial charge in [-0.15, -0.1) is 0 Å². The van der Waals surface area contributed by atoms with Crippen molar-refractivity contribution in [1.82, 2.24) is 4.98 Å². The first-order valence-corrected chi connectivity index (χ1v) is 7.12. The molecular weight excluding hydrogens is 343 g/mol. The number of rotatable bonds is 3. The van der Waals surface area contributed by atoms with E-state index in [0.717, 1.165) is 12.3 Å². The average Bonchev–Trinajstić information content (AvgIpc) is 2.59. The molecule has 1 aromatic carbocycles. The molecule has 1 aromatic heterocycles. The second kappa shape index (κ2) is 6.25. The number of halogens is 3. The van der Waals surface area contributed by atoms with Gasteiger partial charge in [0, 0.05) is 23.5 Å². The Morgan fingerprint density at radius 3 is 2.76 bits per heavy atom. The van der Waals surface area contributed by atoms with Gasteiger partial charge in [-0.1, -0.05) is 6.07 Å². The van der Waals surface area contributed by atoms with E-state index >= 15 is 0 Å². The molecule has 2 unspecified atom stereocenters. The number of nitrogens with zero attached hydrogens (tertiary/aromatic N) is 1. The van der Waals surface area contributed by atoms with Gasteiger partial charge in [0.2, 0.25) is 0 Å². The van der Waals surface area contributed by atoms with Crippen LogP contribution in [0.25, 0.3) is 0 Å². The van der Waals surface area contributed by atoms with E-state index in [9.17, 15) is 23.1 Å². The second-order valence-electron chi connectivity index (χ2n) is 5.35. The Morgan fingerprint density at radius 1 is 1.32 bits per heavy atom. The van der Waals surface area contributed by atoms with E-state index < -0.39 is 29.9 Å². The summed E-state index contributed by atoms with van der Waals surface area (Å²) in [4.78, 5) is 14.9. The van der Waals surface area contributed by atoms with Crippen molar-refractivity contribution in [3.05, 3.63) is 53.3 Å². The van der Waals surface area contributed by atoms with Gasteiger partial charge in [-0.25, -0.2) is 4.79 Å². The van der Waals surface area contributed by atoms with Crippen molar-refractivity contribution >= 4 is 5.97 Å². The molecule has 2 atom stereocenters. The Balaban J connectivity index is 1.88. The van der Waals surface area contributed by atoms with Crippen LogP contribution < -0.4 is 9.47 Å². The molecule has 2 aromatic rings. The molecule has 0 aliphatic carbocycles. The minimum atomic E-state index is -4.81. The molecule has 0 amide bonds. The fourth-order valence-corrected chi connectivity index (χ4v) is 2.43. The number of alkyl halides is 3. The Bertz CT molecular complexity index is 809. The molecule has 1 aliphatic heterocycles. The van der Waals surface area contributed by atoms with Crippen molar-refractivity contribution < 1.29 is 37.7 Å². The smallest absolute Gasteiger partial charge is 0.418 e. The third-order valence-electron chi connectivity index (χ3n) is 3.64. The molecule has 132 valence electrons. The van der Waals surface area contributed by atoms with Gasteiger partial charge in [-0.05, 0) is 18.2 Å². The first-order valence-electron chi connectivity index (χ1n) is 7.12. The zero-order valence-electron chi connectivity index (χ0n) is 12.5. The monoisotopic (exact) mass is 355 g/mol. The van der Waals surface area contributed by atoms with Crippen LogP contribution in [-0.4, -0.2) is 33.9 Å². The number of benzene rings is 1. The number of aromatic carboxylic acids is 1. The summed E-state index contributed by atoms with van der Waals surface area (Å²) in [6, 6.07) is 5.45. The molecule has 0 radical (unpaired) electrons. The largest absolute Gasteiger partial charge is 0.485 e. The minimum absolute atomic E-state index is 0.0608. The molecule has 0 bridgehead atoms. The van der Waals surface area contributed by atoms with E-state index in [2.05, 4.69) is 4.98 Å². The molecular formula is C16H12F3NO5. The summed E-state index contributed by atoms with van der Waals surface area (Å²) in [6.07, 6.45) is -6.04. The summed E-state index contributed by atoms with van der Waals surface area (Å²) >= 11 is 0. The number of aliphatic hydroxyl groups is 1. The Kier molecular flexibility index (Phi) is 4.25. The van der Waals surface area contributed by atoms with Crippen molar-refractivity contribution in [3.8, 4) is 11.5 Å². The molecule has 3 rings (SSSR count). The molecule has 2 N–H and O–H groups in total. The molecule has 2 heterocycles. The number of carboxylic acid groups (broad SMARTS) is 1. The number of carboxylic acids is 1. The van der Waals surface area contributed by atoms with Crippen molar-refractivity contribution in [2.24, 2.45) is 0 Å². The molecule has 6 nitrogen and oxygen atoms in total. The minimum Gasteiger partial charge on any atom is -0.485 e. The summed E-state index contributed by atoms with van der Waals surface area (Å²) in [5, 5.41) is 18.5. The van der Waals surface area contributed by atoms with Gasteiger partial charge in [-0.3, -0.25) is 4.98 Å². The van der Waals surface area contributed by atoms with Gasteiger partial charge < -0.3 is 19.7 Å². The van der Waals surface area contributed by atoms with E-state index in [-0.39, 0.29) is 29.2 Å². The van der Waals surface area contributed by atoms with E-state index in [1.165, 1.54) is 24.4 Å². The van der Waals surface area contributed by atoms with Crippen molar-refractivity contribution in [2.45, 2.75) is 18.4 Å². The molecule has 0 fully saturated rings. The molecule has 0 spiro atoms. The van der Waals surface area contributed by atoms with Gasteiger partial charge in [0.25, 0.3) is 0 Å². The first kappa shape index (κ1) is 17.0. The van der Waals surface area contributed by atoms with Crippen LogP contribution in [0.1, 0.15) is 33.7 Å². The zero-order valence-corrected chi connectivity index (χ0v) is 12.5. The maximum Gasteiger partial charge on any atom is 0.418 e. The molecule has 25 heavy (non-hydrogen) atoms. The summed E-state index contributed by atoms with van der Waals surface area (Å²) < 4.78 is 49.0. The van der Waals surface area contributed by atoms with Crippen LogP contribution in [0, 0.1) is 0 Å². The lowest BCUT2D eigenvalue weighted by Gasteiger charge is -2.28. The SMILES string of the molecule is O=C(O)c1cccc2c1OCC(c1cncc(C(O)C(F)(F)F)c1)O2. The van der Waals surface area contributed by atoms with Gasteiger partial charge >= 0.3 is 12.1 Å².